The second-order valence-electron chi connectivity index (χ2n) is 6.74. The number of anilines is 1. The van der Waals surface area contributed by atoms with Crippen molar-refractivity contribution < 1.29 is 52.2 Å². The largest absolute Gasteiger partial charge is 0.443 e. The average molecular weight is 602 g/mol. The molecule has 34 heavy (non-hydrogen) atoms. The third-order valence-corrected chi connectivity index (χ3v) is 12.4. The van der Waals surface area contributed by atoms with Gasteiger partial charge in [-0.15, -0.1) is 0 Å². The van der Waals surface area contributed by atoms with Crippen molar-refractivity contribution in [3.63, 3.8) is 0 Å². The van der Waals surface area contributed by atoms with Crippen LogP contribution in [0.1, 0.15) is 6.23 Å². The number of aliphatic hydroxyl groups is 2. The second-order valence-corrected chi connectivity index (χ2v) is 15.3. The Morgan fingerprint density at radius 3 is 2.41 bits per heavy atom. The number of nitrogen functional groups attached to an aromatic ring is 1. The van der Waals surface area contributed by atoms with Gasteiger partial charge in [0.15, 0.2) is 17.7 Å². The number of nitrogens with two attached hydrogens (primary N) is 1. The minimum Gasteiger partial charge on any atom is -0.443 e. The number of aromatic nitrogens is 4. The van der Waals surface area contributed by atoms with Gasteiger partial charge in [0.25, 0.3) is 0 Å². The molecule has 1 unspecified atom stereocenters. The summed E-state index contributed by atoms with van der Waals surface area (Å²) in [5, 5.41) is 20.4. The fourth-order valence-corrected chi connectivity index (χ4v) is 7.31. The van der Waals surface area contributed by atoms with Crippen LogP contribution in [0.2, 0.25) is 5.28 Å². The predicted molar refractivity (Wildman–Crippen MR) is 117 cm³/mol. The Morgan fingerprint density at radius 1 is 1.21 bits per heavy atom. The summed E-state index contributed by atoms with van der Waals surface area (Å²) in [5.74, 6) is -0.0683. The topological polar surface area (TPSA) is 250 Å². The molecule has 0 saturated carbocycles. The number of alkyl halides is 2. The predicted octanol–water partition coefficient (Wildman–Crippen LogP) is 0.443. The van der Waals surface area contributed by atoms with Crippen molar-refractivity contribution in [1.82, 2.24) is 19.5 Å². The lowest BCUT2D eigenvalue weighted by molar-refractivity contribution is -0.0478. The molecule has 3 radical (unpaired) electrons. The first-order chi connectivity index (χ1) is 15.4. The third-order valence-electron chi connectivity index (χ3n) is 4.37. The van der Waals surface area contributed by atoms with Crippen molar-refractivity contribution in [2.24, 2.45) is 0 Å². The summed E-state index contributed by atoms with van der Waals surface area (Å²) >= 11 is 16.2. The first kappa shape index (κ1) is 28.2. The Morgan fingerprint density at radius 2 is 1.82 bits per heavy atom. The molecule has 3 rings (SSSR count). The van der Waals surface area contributed by atoms with Gasteiger partial charge < -0.3 is 52.0 Å². The van der Waals surface area contributed by atoms with Crippen LogP contribution in [0.4, 0.5) is 5.82 Å². The second kappa shape index (κ2) is 9.51. The smallest absolute Gasteiger partial charge is 0.381 e. The molecule has 2 aromatic rings. The van der Waals surface area contributed by atoms with Crippen LogP contribution in [0.3, 0.4) is 0 Å². The summed E-state index contributed by atoms with van der Waals surface area (Å²) in [7, 11) is -11.3. The van der Waals surface area contributed by atoms with E-state index in [1.807, 2.05) is 0 Å². The van der Waals surface area contributed by atoms with Crippen molar-refractivity contribution in [2.45, 2.75) is 28.4 Å². The quantitative estimate of drug-likeness (QED) is 0.104. The van der Waals surface area contributed by atoms with Crippen LogP contribution >= 0.6 is 57.5 Å². The van der Waals surface area contributed by atoms with Gasteiger partial charge in [0.05, 0.1) is 20.4 Å². The molecule has 1 aliphatic heterocycles. The number of hydrogen-bond donors (Lipinski definition) is 6. The Kier molecular flexibility index (Phi) is 7.90. The molecule has 0 spiro atoms. The number of fused-ring (bicyclic) bond motifs is 1. The van der Waals surface area contributed by atoms with E-state index in [0.717, 1.165) is 6.33 Å². The molecule has 1 aliphatic rings. The van der Waals surface area contributed by atoms with Gasteiger partial charge >= 0.3 is 19.0 Å². The lowest BCUT2D eigenvalue weighted by atomic mass is 10.1. The molecule has 1 saturated heterocycles. The zero-order valence-electron chi connectivity index (χ0n) is 16.2. The van der Waals surface area contributed by atoms with Crippen LogP contribution in [-0.2, 0) is 27.3 Å². The van der Waals surface area contributed by atoms with Crippen LogP contribution < -0.4 is 5.73 Å². The van der Waals surface area contributed by atoms with E-state index in [1.54, 1.807) is 0 Å². The number of halogens is 3. The highest BCUT2D eigenvalue weighted by molar-refractivity contribution is 7.88. The Bertz CT molecular complexity index is 1250. The normalized spacial score (nSPS) is 27.6. The molecule has 189 valence electrons. The van der Waals surface area contributed by atoms with Crippen molar-refractivity contribution >= 4 is 82.0 Å². The molecular weight excluding hydrogens is 588 g/mol. The van der Waals surface area contributed by atoms with Crippen LogP contribution in [0.5, 0.6) is 0 Å². The molecule has 6 atom stereocenters. The maximum absolute atomic E-state index is 12.3. The molecule has 23 heteroatoms. The van der Waals surface area contributed by atoms with E-state index >= 15 is 0 Å². The monoisotopic (exact) mass is 601 g/mol. The standard InChI is InChI=1S/C11H14BCl3N5O11P3/c12-34(28,31-33(26,27)11(14,15)32(23,24)25)29-1-3-5(21)6(22)9(30-3)20-2-17-4-7(16)18-10(13)19-8(4)20/h2-3,5-6,9,21-22H,1H2,(H,26,27)(H2,16,18,19)(H2,23,24,25)/q-1/t3-,5-,6-,9-,34-/m1/s1. The van der Waals surface area contributed by atoms with E-state index < -0.39 is 57.6 Å². The molecule has 0 amide bonds. The van der Waals surface area contributed by atoms with Gasteiger partial charge in [0.2, 0.25) is 5.28 Å². The summed E-state index contributed by atoms with van der Waals surface area (Å²) in [6.07, 6.45) is -4.94. The summed E-state index contributed by atoms with van der Waals surface area (Å²) < 4.78 is 47.4. The minimum atomic E-state index is -5.76. The van der Waals surface area contributed by atoms with Crippen molar-refractivity contribution in [1.29, 1.82) is 0 Å². The molecule has 1 fully saturated rings. The molecule has 0 bridgehead atoms. The fraction of sp³-hybridized carbons (Fsp3) is 0.545. The summed E-state index contributed by atoms with van der Waals surface area (Å²) in [6, 6.07) is 0. The van der Waals surface area contributed by atoms with Crippen molar-refractivity contribution in [2.75, 3.05) is 12.3 Å². The molecule has 2 aromatic heterocycles. The van der Waals surface area contributed by atoms with E-state index in [9.17, 15) is 28.8 Å². The van der Waals surface area contributed by atoms with Crippen LogP contribution in [0.25, 0.3) is 11.2 Å². The molecular formula is C11H14BCl3N5O11P3-. The summed E-state index contributed by atoms with van der Waals surface area (Å²) in [5.41, 5.74) is 5.87. The maximum Gasteiger partial charge on any atom is 0.381 e. The van der Waals surface area contributed by atoms with Crippen LogP contribution in [0.15, 0.2) is 6.33 Å². The van der Waals surface area contributed by atoms with Gasteiger partial charge in [-0.1, -0.05) is 23.2 Å². The molecule has 0 aromatic carbocycles. The molecule has 7 N–H and O–H groups in total. The van der Waals surface area contributed by atoms with Crippen molar-refractivity contribution in [3.05, 3.63) is 11.6 Å². The SMILES string of the molecule is [B-][P@@](=O)(OC[C@H]1O[C@@H](n2cnc3c(N)nc(Cl)nc32)[C@H](O)[C@@H]1O)OP(=O)(O)C(Cl)(Cl)P(=O)(O)O. The zero-order valence-corrected chi connectivity index (χ0v) is 21.1. The summed E-state index contributed by atoms with van der Waals surface area (Å²) in [6.45, 7) is -0.902. The third kappa shape index (κ3) is 5.34. The van der Waals surface area contributed by atoms with E-state index in [0.29, 0.717) is 0 Å². The molecule has 16 nitrogen and oxygen atoms in total. The first-order valence-corrected chi connectivity index (χ1v) is 14.5. The number of ether oxygens (including phenoxy) is 1. The number of hydrogen-bond acceptors (Lipinski definition) is 12. The highest BCUT2D eigenvalue weighted by Crippen LogP contribution is 2.79. The zero-order chi connectivity index (χ0) is 25.9. The van der Waals surface area contributed by atoms with Gasteiger partial charge in [-0.3, -0.25) is 18.0 Å². The number of rotatable bonds is 8. The van der Waals surface area contributed by atoms with E-state index in [1.165, 1.54) is 4.57 Å². The van der Waals surface area contributed by atoms with Gasteiger partial charge in [0, 0.05) is 0 Å². The van der Waals surface area contributed by atoms with Gasteiger partial charge in [-0.2, -0.15) is 9.97 Å². The lowest BCUT2D eigenvalue weighted by Crippen LogP contribution is -2.33. The Hall–Kier alpha value is -0.345. The highest BCUT2D eigenvalue weighted by atomic mass is 35.5. The van der Waals surface area contributed by atoms with Gasteiger partial charge in [0.1, 0.15) is 23.8 Å². The van der Waals surface area contributed by atoms with E-state index in [4.69, 9.17) is 62.6 Å². The van der Waals surface area contributed by atoms with Gasteiger partial charge in [-0.05, 0) is 11.6 Å². The summed E-state index contributed by atoms with van der Waals surface area (Å²) in [4.78, 5) is 39.4. The first-order valence-electron chi connectivity index (χ1n) is 8.56. The van der Waals surface area contributed by atoms with Crippen LogP contribution in [0, 0.1) is 0 Å². The average Bonchev–Trinajstić information content (AvgIpc) is 3.20. The Balaban J connectivity index is 1.75. The van der Waals surface area contributed by atoms with Gasteiger partial charge in [-0.25, -0.2) is 4.98 Å². The van der Waals surface area contributed by atoms with Crippen LogP contribution in [-0.4, -0.2) is 80.7 Å². The molecule has 0 aliphatic carbocycles. The minimum absolute atomic E-state index is 0.0439. The van der Waals surface area contributed by atoms with Crippen molar-refractivity contribution in [3.8, 4) is 0 Å². The molecule has 3 heterocycles. The number of imidazole rings is 1. The number of aliphatic hydroxyl groups excluding tert-OH is 2. The highest BCUT2D eigenvalue weighted by Gasteiger charge is 2.61. The lowest BCUT2D eigenvalue weighted by Gasteiger charge is -2.33. The fourth-order valence-electron chi connectivity index (χ4n) is 2.76. The Labute approximate surface area is 205 Å². The van der Waals surface area contributed by atoms with E-state index in [-0.39, 0.29) is 22.3 Å². The number of nitrogens with zero attached hydrogens (tertiary/aromatic N) is 4. The maximum atomic E-state index is 12.3. The van der Waals surface area contributed by atoms with E-state index in [2.05, 4.69) is 23.8 Å².